The fourth-order valence-electron chi connectivity index (χ4n) is 3.28. The van der Waals surface area contributed by atoms with Gasteiger partial charge in [-0.25, -0.2) is 4.39 Å². The Morgan fingerprint density at radius 2 is 1.96 bits per heavy atom. The van der Waals surface area contributed by atoms with Crippen molar-refractivity contribution in [3.8, 4) is 0 Å². The first-order valence-electron chi connectivity index (χ1n) is 8.86. The highest BCUT2D eigenvalue weighted by molar-refractivity contribution is 5.95. The van der Waals surface area contributed by atoms with Gasteiger partial charge in [0.05, 0.1) is 0 Å². The zero-order valence-corrected chi connectivity index (χ0v) is 14.5. The first kappa shape index (κ1) is 17.5. The van der Waals surface area contributed by atoms with Gasteiger partial charge in [-0.2, -0.15) is 0 Å². The molecule has 1 N–H and O–H groups in total. The number of aromatic nitrogens is 1. The highest BCUT2D eigenvalue weighted by atomic mass is 19.1. The fourth-order valence-corrected chi connectivity index (χ4v) is 3.28. The third-order valence-electron chi connectivity index (χ3n) is 4.77. The standard InChI is InChI=1S/C20H24FN3O/c1-2-16-13-22-10-7-19(16)20(25)23-18-8-11-24(12-9-18)14-15-3-5-17(21)6-4-15/h3-7,10,13,18H,2,8-9,11-12,14H2,1H3,(H,23,25). The van der Waals surface area contributed by atoms with Gasteiger partial charge in [0.25, 0.3) is 5.91 Å². The van der Waals surface area contributed by atoms with Crippen LogP contribution in [0.1, 0.15) is 41.3 Å². The van der Waals surface area contributed by atoms with Crippen LogP contribution < -0.4 is 5.32 Å². The highest BCUT2D eigenvalue weighted by Crippen LogP contribution is 2.16. The first-order valence-corrected chi connectivity index (χ1v) is 8.86. The quantitative estimate of drug-likeness (QED) is 0.908. The zero-order chi connectivity index (χ0) is 17.6. The predicted octanol–water partition coefficient (Wildman–Crippen LogP) is 3.18. The Balaban J connectivity index is 1.50. The number of benzene rings is 1. The van der Waals surface area contributed by atoms with Crippen molar-refractivity contribution in [2.75, 3.05) is 13.1 Å². The topological polar surface area (TPSA) is 45.2 Å². The van der Waals surface area contributed by atoms with Crippen LogP contribution in [0.25, 0.3) is 0 Å². The van der Waals surface area contributed by atoms with Crippen molar-refractivity contribution in [2.45, 2.75) is 38.8 Å². The SMILES string of the molecule is CCc1cnccc1C(=O)NC1CCN(Cc2ccc(F)cc2)CC1. The molecule has 0 radical (unpaired) electrons. The van der Waals surface area contributed by atoms with E-state index in [2.05, 4.69) is 15.2 Å². The molecule has 0 bridgehead atoms. The Labute approximate surface area is 148 Å². The van der Waals surface area contributed by atoms with E-state index in [1.54, 1.807) is 18.5 Å². The fraction of sp³-hybridized carbons (Fsp3) is 0.400. The number of hydrogen-bond acceptors (Lipinski definition) is 3. The van der Waals surface area contributed by atoms with Gasteiger partial charge in [-0.3, -0.25) is 14.7 Å². The molecule has 4 nitrogen and oxygen atoms in total. The van der Waals surface area contributed by atoms with E-state index in [1.807, 2.05) is 19.1 Å². The maximum atomic E-state index is 13.0. The minimum absolute atomic E-state index is 0.00349. The molecular formula is C20H24FN3O. The van der Waals surface area contributed by atoms with Crippen LogP contribution >= 0.6 is 0 Å². The molecular weight excluding hydrogens is 317 g/mol. The van der Waals surface area contributed by atoms with Gasteiger partial charge in [-0.15, -0.1) is 0 Å². The molecule has 25 heavy (non-hydrogen) atoms. The van der Waals surface area contributed by atoms with Crippen molar-refractivity contribution in [1.82, 2.24) is 15.2 Å². The number of carbonyl (C=O) groups is 1. The molecule has 3 rings (SSSR count). The molecule has 0 saturated carbocycles. The molecule has 1 aliphatic rings. The molecule has 0 unspecified atom stereocenters. The van der Waals surface area contributed by atoms with E-state index in [-0.39, 0.29) is 17.8 Å². The summed E-state index contributed by atoms with van der Waals surface area (Å²) in [4.78, 5) is 18.9. The van der Waals surface area contributed by atoms with Gasteiger partial charge in [0.15, 0.2) is 0 Å². The van der Waals surface area contributed by atoms with Crippen LogP contribution in [0, 0.1) is 5.82 Å². The molecule has 1 aromatic carbocycles. The van der Waals surface area contributed by atoms with Gasteiger partial charge in [0, 0.05) is 43.6 Å². The second kappa shape index (κ2) is 8.21. The predicted molar refractivity (Wildman–Crippen MR) is 95.8 cm³/mol. The van der Waals surface area contributed by atoms with Gasteiger partial charge < -0.3 is 5.32 Å². The zero-order valence-electron chi connectivity index (χ0n) is 14.5. The summed E-state index contributed by atoms with van der Waals surface area (Å²) in [6.07, 6.45) is 6.09. The van der Waals surface area contributed by atoms with Crippen molar-refractivity contribution >= 4 is 5.91 Å². The van der Waals surface area contributed by atoms with Crippen LogP contribution in [-0.2, 0) is 13.0 Å². The van der Waals surface area contributed by atoms with Crippen LogP contribution in [-0.4, -0.2) is 34.9 Å². The number of piperidine rings is 1. The van der Waals surface area contributed by atoms with Gasteiger partial charge in [-0.05, 0) is 48.6 Å². The molecule has 2 aromatic rings. The number of hydrogen-bond donors (Lipinski definition) is 1. The molecule has 132 valence electrons. The van der Waals surface area contributed by atoms with E-state index in [1.165, 1.54) is 12.1 Å². The molecule has 2 heterocycles. The molecule has 0 atom stereocenters. The maximum absolute atomic E-state index is 13.0. The number of carbonyl (C=O) groups excluding carboxylic acids is 1. The largest absolute Gasteiger partial charge is 0.349 e. The van der Waals surface area contributed by atoms with Gasteiger partial charge in [0.2, 0.25) is 0 Å². The lowest BCUT2D eigenvalue weighted by Gasteiger charge is -2.32. The van der Waals surface area contributed by atoms with E-state index in [0.717, 1.165) is 55.6 Å². The lowest BCUT2D eigenvalue weighted by atomic mass is 10.0. The van der Waals surface area contributed by atoms with Crippen molar-refractivity contribution < 1.29 is 9.18 Å². The van der Waals surface area contributed by atoms with Crippen molar-refractivity contribution in [3.63, 3.8) is 0 Å². The lowest BCUT2D eigenvalue weighted by Crippen LogP contribution is -2.44. The summed E-state index contributed by atoms with van der Waals surface area (Å²) in [6.45, 7) is 4.71. The highest BCUT2D eigenvalue weighted by Gasteiger charge is 2.22. The minimum atomic E-state index is -0.201. The summed E-state index contributed by atoms with van der Waals surface area (Å²) < 4.78 is 13.0. The average molecular weight is 341 g/mol. The first-order chi connectivity index (χ1) is 12.2. The van der Waals surface area contributed by atoms with E-state index in [4.69, 9.17) is 0 Å². The smallest absolute Gasteiger partial charge is 0.251 e. The van der Waals surface area contributed by atoms with E-state index >= 15 is 0 Å². The molecule has 0 aliphatic carbocycles. The Hall–Kier alpha value is -2.27. The second-order valence-corrected chi connectivity index (χ2v) is 6.54. The Bertz CT molecular complexity index is 709. The third kappa shape index (κ3) is 4.63. The summed E-state index contributed by atoms with van der Waals surface area (Å²) >= 11 is 0. The molecule has 1 aromatic heterocycles. The minimum Gasteiger partial charge on any atom is -0.349 e. The van der Waals surface area contributed by atoms with Crippen LogP contribution in [0.2, 0.25) is 0 Å². The van der Waals surface area contributed by atoms with Crippen molar-refractivity contribution in [2.24, 2.45) is 0 Å². The van der Waals surface area contributed by atoms with E-state index in [0.29, 0.717) is 0 Å². The number of likely N-dealkylation sites (tertiary alicyclic amines) is 1. The van der Waals surface area contributed by atoms with E-state index < -0.39 is 0 Å². The van der Waals surface area contributed by atoms with Crippen LogP contribution in [0.3, 0.4) is 0 Å². The molecule has 1 fully saturated rings. The summed E-state index contributed by atoms with van der Waals surface area (Å²) in [7, 11) is 0. The average Bonchev–Trinajstić information content (AvgIpc) is 2.65. The van der Waals surface area contributed by atoms with E-state index in [9.17, 15) is 9.18 Å². The number of nitrogens with one attached hydrogen (secondary N) is 1. The van der Waals surface area contributed by atoms with Gasteiger partial charge in [-0.1, -0.05) is 19.1 Å². The Morgan fingerprint density at radius 1 is 1.24 bits per heavy atom. The third-order valence-corrected chi connectivity index (χ3v) is 4.77. The normalized spacial score (nSPS) is 15.9. The summed E-state index contributed by atoms with van der Waals surface area (Å²) in [5.74, 6) is -0.205. The summed E-state index contributed by atoms with van der Waals surface area (Å²) in [6, 6.07) is 8.66. The number of aryl methyl sites for hydroxylation is 1. The number of rotatable bonds is 5. The monoisotopic (exact) mass is 341 g/mol. The maximum Gasteiger partial charge on any atom is 0.251 e. The molecule has 1 amide bonds. The lowest BCUT2D eigenvalue weighted by molar-refractivity contribution is 0.0908. The molecule has 5 heteroatoms. The molecule has 1 saturated heterocycles. The van der Waals surface area contributed by atoms with Crippen LogP contribution in [0.5, 0.6) is 0 Å². The molecule has 0 spiro atoms. The van der Waals surface area contributed by atoms with Crippen molar-refractivity contribution in [1.29, 1.82) is 0 Å². The second-order valence-electron chi connectivity index (χ2n) is 6.54. The summed E-state index contributed by atoms with van der Waals surface area (Å²) in [5.41, 5.74) is 2.83. The van der Waals surface area contributed by atoms with Gasteiger partial charge >= 0.3 is 0 Å². The van der Waals surface area contributed by atoms with Crippen LogP contribution in [0.4, 0.5) is 4.39 Å². The molecule has 1 aliphatic heterocycles. The number of pyridine rings is 1. The Kier molecular flexibility index (Phi) is 5.76. The van der Waals surface area contributed by atoms with Crippen LogP contribution in [0.15, 0.2) is 42.7 Å². The van der Waals surface area contributed by atoms with Gasteiger partial charge in [0.1, 0.15) is 5.82 Å². The summed E-state index contributed by atoms with van der Waals surface area (Å²) in [5, 5.41) is 3.16. The number of nitrogens with zero attached hydrogens (tertiary/aromatic N) is 2. The number of halogens is 1. The Morgan fingerprint density at radius 3 is 2.64 bits per heavy atom. The number of amides is 1. The van der Waals surface area contributed by atoms with Crippen molar-refractivity contribution in [3.05, 3.63) is 65.2 Å².